The predicted octanol–water partition coefficient (Wildman–Crippen LogP) is 4.34. The van der Waals surface area contributed by atoms with Crippen LogP contribution in [0.3, 0.4) is 0 Å². The molecule has 0 aliphatic carbocycles. The number of aryl methyl sites for hydroxylation is 2. The fraction of sp³-hybridized carbons (Fsp3) is 0.286. The number of carbonyl (C=O) groups is 2. The molecule has 0 aliphatic rings. The first kappa shape index (κ1) is 25.8. The van der Waals surface area contributed by atoms with E-state index in [4.69, 9.17) is 14.2 Å². The summed E-state index contributed by atoms with van der Waals surface area (Å²) in [6.07, 6.45) is 1.06. The molecule has 0 saturated carbocycles. The minimum absolute atomic E-state index is 0.0322. The number of nitrogens with zero attached hydrogens (tertiary/aromatic N) is 1. The van der Waals surface area contributed by atoms with Crippen LogP contribution in [0, 0.1) is 0 Å². The molecular weight excluding hydrogens is 446 g/mol. The van der Waals surface area contributed by atoms with Crippen LogP contribution in [0.1, 0.15) is 31.8 Å². The van der Waals surface area contributed by atoms with E-state index in [1.165, 1.54) is 29.8 Å². The molecule has 3 aromatic carbocycles. The Morgan fingerprint density at radius 1 is 0.914 bits per heavy atom. The summed E-state index contributed by atoms with van der Waals surface area (Å²) in [5, 5.41) is 9.19. The lowest BCUT2D eigenvalue weighted by Gasteiger charge is -2.22. The first-order valence-corrected chi connectivity index (χ1v) is 11.4. The first-order chi connectivity index (χ1) is 16.9. The van der Waals surface area contributed by atoms with Crippen LogP contribution in [0.2, 0.25) is 0 Å². The van der Waals surface area contributed by atoms with E-state index in [9.17, 15) is 14.7 Å². The molecule has 7 heteroatoms. The fourth-order valence-electron chi connectivity index (χ4n) is 3.67. The van der Waals surface area contributed by atoms with Crippen LogP contribution in [0.4, 0.5) is 0 Å². The number of hydrogen-bond acceptors (Lipinski definition) is 6. The van der Waals surface area contributed by atoms with Crippen molar-refractivity contribution in [1.29, 1.82) is 0 Å². The molecule has 0 radical (unpaired) electrons. The molecule has 3 rings (SSSR count). The summed E-state index contributed by atoms with van der Waals surface area (Å²) in [7, 11) is 5.42. The Morgan fingerprint density at radius 3 is 2.40 bits per heavy atom. The maximum Gasteiger partial charge on any atom is 0.338 e. The van der Waals surface area contributed by atoms with E-state index in [1.807, 2.05) is 61.5 Å². The van der Waals surface area contributed by atoms with Gasteiger partial charge in [0, 0.05) is 6.54 Å². The molecule has 1 unspecified atom stereocenters. The summed E-state index contributed by atoms with van der Waals surface area (Å²) in [5.41, 5.74) is 2.44. The second-order valence-corrected chi connectivity index (χ2v) is 8.45. The van der Waals surface area contributed by atoms with Gasteiger partial charge in [-0.25, -0.2) is 9.59 Å². The highest BCUT2D eigenvalue weighted by atomic mass is 16.6. The SMILES string of the molecule is COc1cccc(CCc2ccccc2OCC(CN(C)C)OC(=O)c2cccc(C(=O)O)c2)c1. The molecule has 184 valence electrons. The molecule has 0 aliphatic heterocycles. The largest absolute Gasteiger partial charge is 0.497 e. The van der Waals surface area contributed by atoms with Crippen molar-refractivity contribution in [3.63, 3.8) is 0 Å². The maximum atomic E-state index is 12.7. The van der Waals surface area contributed by atoms with E-state index in [2.05, 4.69) is 6.07 Å². The van der Waals surface area contributed by atoms with Crippen LogP contribution in [0.5, 0.6) is 11.5 Å². The Kier molecular flexibility index (Phi) is 9.26. The van der Waals surface area contributed by atoms with Crippen LogP contribution in [0.15, 0.2) is 72.8 Å². The standard InChI is InChI=1S/C28H31NO6/c1-29(2)18-25(35-28(32)23-11-7-10-22(17-23)27(30)31)19-34-26-13-5-4-9-21(26)15-14-20-8-6-12-24(16-20)33-3/h4-13,16-17,25H,14-15,18-19H2,1-3H3,(H,30,31). The van der Waals surface area contributed by atoms with Crippen molar-refractivity contribution in [3.05, 3.63) is 95.1 Å². The second-order valence-electron chi connectivity index (χ2n) is 8.45. The van der Waals surface area contributed by atoms with E-state index in [-0.39, 0.29) is 17.7 Å². The van der Waals surface area contributed by atoms with Gasteiger partial charge < -0.3 is 24.2 Å². The number of ether oxygens (including phenoxy) is 3. The third kappa shape index (κ3) is 7.86. The number of carboxylic acid groups (broad SMARTS) is 1. The maximum absolute atomic E-state index is 12.7. The molecule has 0 spiro atoms. The molecule has 3 aromatic rings. The molecule has 1 N–H and O–H groups in total. The van der Waals surface area contributed by atoms with Crippen molar-refractivity contribution >= 4 is 11.9 Å². The highest BCUT2D eigenvalue weighted by Crippen LogP contribution is 2.22. The van der Waals surface area contributed by atoms with Gasteiger partial charge in [-0.15, -0.1) is 0 Å². The third-order valence-electron chi connectivity index (χ3n) is 5.40. The highest BCUT2D eigenvalue weighted by Gasteiger charge is 2.19. The summed E-state index contributed by atoms with van der Waals surface area (Å²) >= 11 is 0. The van der Waals surface area contributed by atoms with Crippen LogP contribution < -0.4 is 9.47 Å². The lowest BCUT2D eigenvalue weighted by atomic mass is 10.0. The minimum atomic E-state index is -1.10. The summed E-state index contributed by atoms with van der Waals surface area (Å²) in [4.78, 5) is 25.8. The van der Waals surface area contributed by atoms with Gasteiger partial charge in [-0.3, -0.25) is 0 Å². The number of carbonyl (C=O) groups excluding carboxylic acids is 1. The highest BCUT2D eigenvalue weighted by molar-refractivity contribution is 5.94. The summed E-state index contributed by atoms with van der Waals surface area (Å²) in [5.74, 6) is -0.120. The molecule has 0 fully saturated rings. The number of rotatable bonds is 12. The quantitative estimate of drug-likeness (QED) is 0.388. The zero-order valence-corrected chi connectivity index (χ0v) is 20.3. The monoisotopic (exact) mass is 477 g/mol. The lowest BCUT2D eigenvalue weighted by Crippen LogP contribution is -2.35. The molecule has 0 heterocycles. The molecule has 1 atom stereocenters. The smallest absolute Gasteiger partial charge is 0.338 e. The van der Waals surface area contributed by atoms with E-state index < -0.39 is 18.0 Å². The third-order valence-corrected chi connectivity index (χ3v) is 5.40. The Labute approximate surface area is 205 Å². The zero-order chi connectivity index (χ0) is 25.2. The number of esters is 1. The molecule has 35 heavy (non-hydrogen) atoms. The summed E-state index contributed by atoms with van der Waals surface area (Å²) in [6.45, 7) is 0.620. The van der Waals surface area contributed by atoms with Gasteiger partial charge in [0.2, 0.25) is 0 Å². The number of hydrogen-bond donors (Lipinski definition) is 1. The van der Waals surface area contributed by atoms with Gasteiger partial charge in [-0.2, -0.15) is 0 Å². The Balaban J connectivity index is 1.66. The van der Waals surface area contributed by atoms with Gasteiger partial charge in [0.1, 0.15) is 24.2 Å². The van der Waals surface area contributed by atoms with Crippen molar-refractivity contribution in [1.82, 2.24) is 4.90 Å². The van der Waals surface area contributed by atoms with Gasteiger partial charge in [0.05, 0.1) is 18.2 Å². The normalized spacial score (nSPS) is 11.7. The van der Waals surface area contributed by atoms with E-state index in [0.717, 1.165) is 29.9 Å². The zero-order valence-electron chi connectivity index (χ0n) is 20.3. The van der Waals surface area contributed by atoms with Gasteiger partial charge in [0.15, 0.2) is 0 Å². The first-order valence-electron chi connectivity index (χ1n) is 11.4. The predicted molar refractivity (Wildman–Crippen MR) is 133 cm³/mol. The van der Waals surface area contributed by atoms with Gasteiger partial charge in [-0.05, 0) is 74.5 Å². The molecular formula is C28H31NO6. The number of aromatic carboxylic acids is 1. The van der Waals surface area contributed by atoms with Crippen molar-refractivity contribution in [2.45, 2.75) is 18.9 Å². The Morgan fingerprint density at radius 2 is 1.66 bits per heavy atom. The van der Waals surface area contributed by atoms with Crippen LogP contribution in [-0.2, 0) is 17.6 Å². The Hall–Kier alpha value is -3.84. The fourth-order valence-corrected chi connectivity index (χ4v) is 3.67. The Bertz CT molecular complexity index is 1140. The van der Waals surface area contributed by atoms with E-state index >= 15 is 0 Å². The number of para-hydroxylation sites is 1. The van der Waals surface area contributed by atoms with Crippen molar-refractivity contribution in [3.8, 4) is 11.5 Å². The number of methoxy groups -OCH3 is 1. The van der Waals surface area contributed by atoms with Gasteiger partial charge >= 0.3 is 11.9 Å². The van der Waals surface area contributed by atoms with Gasteiger partial charge in [-0.1, -0.05) is 36.4 Å². The van der Waals surface area contributed by atoms with Crippen LogP contribution in [-0.4, -0.2) is 62.4 Å². The van der Waals surface area contributed by atoms with Crippen molar-refractivity contribution in [2.24, 2.45) is 0 Å². The van der Waals surface area contributed by atoms with Crippen LogP contribution >= 0.6 is 0 Å². The van der Waals surface area contributed by atoms with Crippen molar-refractivity contribution in [2.75, 3.05) is 34.4 Å². The molecule has 0 bridgehead atoms. The van der Waals surface area contributed by atoms with Crippen LogP contribution in [0.25, 0.3) is 0 Å². The molecule has 0 amide bonds. The minimum Gasteiger partial charge on any atom is -0.497 e. The van der Waals surface area contributed by atoms with E-state index in [1.54, 1.807) is 7.11 Å². The number of likely N-dealkylation sites (N-methyl/N-ethyl adjacent to an activating group) is 1. The van der Waals surface area contributed by atoms with E-state index in [0.29, 0.717) is 6.54 Å². The molecule has 0 saturated heterocycles. The second kappa shape index (κ2) is 12.6. The average molecular weight is 478 g/mol. The summed E-state index contributed by atoms with van der Waals surface area (Å²) in [6, 6.07) is 21.6. The lowest BCUT2D eigenvalue weighted by molar-refractivity contribution is 0.0103. The molecule has 0 aromatic heterocycles. The topological polar surface area (TPSA) is 85.3 Å². The molecule has 7 nitrogen and oxygen atoms in total. The summed E-state index contributed by atoms with van der Waals surface area (Å²) < 4.78 is 17.1. The van der Waals surface area contributed by atoms with Crippen molar-refractivity contribution < 1.29 is 28.9 Å². The van der Waals surface area contributed by atoms with Gasteiger partial charge in [0.25, 0.3) is 0 Å². The number of carboxylic acids is 1. The average Bonchev–Trinajstić information content (AvgIpc) is 2.86. The number of benzene rings is 3.